The van der Waals surface area contributed by atoms with Crippen LogP contribution in [-0.2, 0) is 16.8 Å². The van der Waals surface area contributed by atoms with Crippen molar-refractivity contribution in [3.8, 4) is 11.6 Å². The van der Waals surface area contributed by atoms with Crippen LogP contribution in [0.3, 0.4) is 0 Å². The minimum atomic E-state index is -2.78. The van der Waals surface area contributed by atoms with Gasteiger partial charge in [0.25, 0.3) is 12.3 Å². The topological polar surface area (TPSA) is 89.1 Å². The monoisotopic (exact) mass is 442 g/mol. The number of aryl methyl sites for hydroxylation is 1. The van der Waals surface area contributed by atoms with Gasteiger partial charge in [-0.2, -0.15) is 10.1 Å². The van der Waals surface area contributed by atoms with Crippen LogP contribution in [0.2, 0.25) is 0 Å². The van der Waals surface area contributed by atoms with Crippen molar-refractivity contribution < 1.29 is 18.1 Å². The van der Waals surface area contributed by atoms with E-state index in [1.807, 2.05) is 25.1 Å². The molecule has 1 aromatic carbocycles. The third-order valence-corrected chi connectivity index (χ3v) is 6.27. The van der Waals surface area contributed by atoms with Crippen LogP contribution in [0.1, 0.15) is 41.9 Å². The molecular formula is C22H24F2N6O2. The highest BCUT2D eigenvalue weighted by atomic mass is 19.3. The first kappa shape index (κ1) is 20.7. The van der Waals surface area contributed by atoms with Gasteiger partial charge in [-0.3, -0.25) is 9.48 Å². The van der Waals surface area contributed by atoms with Gasteiger partial charge in [0.2, 0.25) is 5.91 Å². The first-order valence-corrected chi connectivity index (χ1v) is 10.7. The molecule has 8 nitrogen and oxygen atoms in total. The van der Waals surface area contributed by atoms with Crippen LogP contribution < -0.4 is 5.32 Å². The predicted octanol–water partition coefficient (Wildman–Crippen LogP) is 2.69. The van der Waals surface area contributed by atoms with Gasteiger partial charge in [-0.25, -0.2) is 8.78 Å². The Hall–Kier alpha value is -3.14. The molecule has 3 heterocycles. The number of halogens is 2. The molecule has 1 aliphatic heterocycles. The van der Waals surface area contributed by atoms with Gasteiger partial charge in [0.05, 0.1) is 5.41 Å². The molecule has 1 amide bonds. The van der Waals surface area contributed by atoms with E-state index in [1.165, 1.54) is 6.07 Å². The van der Waals surface area contributed by atoms with Crippen LogP contribution in [0.5, 0.6) is 0 Å². The lowest BCUT2D eigenvalue weighted by Crippen LogP contribution is -2.47. The molecule has 1 saturated heterocycles. The Morgan fingerprint density at radius 1 is 1.25 bits per heavy atom. The van der Waals surface area contributed by atoms with Crippen LogP contribution in [0.15, 0.2) is 34.9 Å². The number of rotatable bonds is 6. The van der Waals surface area contributed by atoms with Crippen molar-refractivity contribution in [2.75, 3.05) is 26.2 Å². The van der Waals surface area contributed by atoms with E-state index < -0.39 is 6.43 Å². The maximum atomic E-state index is 13.7. The molecule has 0 unspecified atom stereocenters. The van der Waals surface area contributed by atoms with Crippen LogP contribution >= 0.6 is 0 Å². The maximum absolute atomic E-state index is 13.7. The van der Waals surface area contributed by atoms with Gasteiger partial charge in [-0.1, -0.05) is 29.4 Å². The minimum Gasteiger partial charge on any atom is -0.339 e. The fourth-order valence-electron chi connectivity index (χ4n) is 4.35. The highest BCUT2D eigenvalue weighted by Gasteiger charge is 2.50. The molecule has 0 atom stereocenters. The number of amides is 1. The second-order valence-electron chi connectivity index (χ2n) is 8.36. The van der Waals surface area contributed by atoms with Crippen molar-refractivity contribution >= 4 is 5.91 Å². The van der Waals surface area contributed by atoms with E-state index in [0.29, 0.717) is 32.0 Å². The highest BCUT2D eigenvalue weighted by Crippen LogP contribution is 2.53. The molecule has 0 spiro atoms. The lowest BCUT2D eigenvalue weighted by molar-refractivity contribution is -0.132. The maximum Gasteiger partial charge on any atom is 0.280 e. The van der Waals surface area contributed by atoms with E-state index in [2.05, 4.69) is 26.6 Å². The van der Waals surface area contributed by atoms with E-state index in [-0.39, 0.29) is 35.1 Å². The fraction of sp³-hybridized carbons (Fsp3) is 0.455. The van der Waals surface area contributed by atoms with Crippen molar-refractivity contribution in [2.45, 2.75) is 38.2 Å². The lowest BCUT2D eigenvalue weighted by atomic mass is 9.91. The van der Waals surface area contributed by atoms with Crippen LogP contribution in [0.4, 0.5) is 8.78 Å². The smallest absolute Gasteiger partial charge is 0.280 e. The molecule has 32 heavy (non-hydrogen) atoms. The van der Waals surface area contributed by atoms with E-state index in [0.717, 1.165) is 28.7 Å². The summed E-state index contributed by atoms with van der Waals surface area (Å²) >= 11 is 0. The summed E-state index contributed by atoms with van der Waals surface area (Å²) in [6, 6.07) is 9.29. The molecular weight excluding hydrogens is 418 g/mol. The third-order valence-electron chi connectivity index (χ3n) is 6.27. The number of carbonyl (C=O) groups excluding carboxylic acids is 1. The van der Waals surface area contributed by atoms with Crippen LogP contribution in [0.25, 0.3) is 11.6 Å². The van der Waals surface area contributed by atoms with E-state index >= 15 is 0 Å². The van der Waals surface area contributed by atoms with Gasteiger partial charge in [0, 0.05) is 26.2 Å². The Labute approximate surface area is 183 Å². The number of nitrogens with zero attached hydrogens (tertiary/aromatic N) is 5. The van der Waals surface area contributed by atoms with Gasteiger partial charge in [-0.05, 0) is 37.0 Å². The van der Waals surface area contributed by atoms with Crippen molar-refractivity contribution in [3.05, 3.63) is 53.0 Å². The van der Waals surface area contributed by atoms with Gasteiger partial charge in [0.15, 0.2) is 11.5 Å². The summed E-state index contributed by atoms with van der Waals surface area (Å²) in [5.41, 5.74) is 1.79. The minimum absolute atomic E-state index is 0.0788. The number of benzene rings is 1. The molecule has 3 aromatic rings. The Kier molecular flexibility index (Phi) is 5.24. The van der Waals surface area contributed by atoms with E-state index in [1.54, 1.807) is 4.90 Å². The van der Waals surface area contributed by atoms with Gasteiger partial charge < -0.3 is 14.7 Å². The Morgan fingerprint density at radius 2 is 2.00 bits per heavy atom. The lowest BCUT2D eigenvalue weighted by Gasteiger charge is -2.27. The molecule has 1 N–H and O–H groups in total. The van der Waals surface area contributed by atoms with Crippen molar-refractivity contribution in [1.29, 1.82) is 0 Å². The number of hydrogen-bond acceptors (Lipinski definition) is 6. The Morgan fingerprint density at radius 3 is 2.69 bits per heavy atom. The molecule has 2 fully saturated rings. The van der Waals surface area contributed by atoms with Gasteiger partial charge in [-0.15, -0.1) is 0 Å². The summed E-state index contributed by atoms with van der Waals surface area (Å²) in [6.07, 6.45) is -0.990. The molecule has 5 rings (SSSR count). The molecule has 0 bridgehead atoms. The number of piperazine rings is 1. The number of aromatic nitrogens is 4. The fourth-order valence-corrected chi connectivity index (χ4v) is 4.35. The summed E-state index contributed by atoms with van der Waals surface area (Å²) in [6.45, 7) is 4.25. The average Bonchev–Trinajstić information content (AvgIpc) is 3.24. The SMILES string of the molecule is Cc1ccccc1C1(c2noc(-c3cc(C(F)F)n(CC(=O)N4CCNCC4)n3)n2)CC1. The second kappa shape index (κ2) is 8.09. The number of hydrogen-bond donors (Lipinski definition) is 1. The van der Waals surface area contributed by atoms with E-state index in [9.17, 15) is 13.6 Å². The third kappa shape index (κ3) is 3.68. The van der Waals surface area contributed by atoms with E-state index in [4.69, 9.17) is 4.52 Å². The highest BCUT2D eigenvalue weighted by molar-refractivity contribution is 5.76. The predicted molar refractivity (Wildman–Crippen MR) is 111 cm³/mol. The van der Waals surface area contributed by atoms with Crippen molar-refractivity contribution in [1.82, 2.24) is 30.1 Å². The van der Waals surface area contributed by atoms with Crippen molar-refractivity contribution in [2.24, 2.45) is 0 Å². The van der Waals surface area contributed by atoms with Crippen LogP contribution in [-0.4, -0.2) is 56.9 Å². The zero-order valence-electron chi connectivity index (χ0n) is 17.7. The summed E-state index contributed by atoms with van der Waals surface area (Å²) in [4.78, 5) is 18.7. The summed E-state index contributed by atoms with van der Waals surface area (Å²) in [5, 5.41) is 11.5. The molecule has 168 valence electrons. The second-order valence-corrected chi connectivity index (χ2v) is 8.36. The largest absolute Gasteiger partial charge is 0.339 e. The first-order valence-electron chi connectivity index (χ1n) is 10.7. The zero-order valence-corrected chi connectivity index (χ0v) is 17.7. The molecule has 10 heteroatoms. The van der Waals surface area contributed by atoms with Gasteiger partial charge >= 0.3 is 0 Å². The summed E-state index contributed by atoms with van der Waals surface area (Å²) in [5.74, 6) is 0.368. The molecule has 1 aliphatic carbocycles. The molecule has 2 aromatic heterocycles. The number of nitrogens with one attached hydrogen (secondary N) is 1. The standard InChI is InChI=1S/C22H24F2N6O2/c1-14-4-2-3-5-15(14)22(6-7-22)21-26-20(32-28-21)16-12-17(19(23)24)30(27-16)13-18(31)29-10-8-25-9-11-29/h2-5,12,19,25H,6-11,13H2,1H3. The quantitative estimate of drug-likeness (QED) is 0.632. The normalized spacial score (nSPS) is 17.7. The number of carbonyl (C=O) groups is 1. The van der Waals surface area contributed by atoms with Crippen LogP contribution in [0, 0.1) is 6.92 Å². The Bertz CT molecular complexity index is 1130. The molecule has 0 radical (unpaired) electrons. The average molecular weight is 442 g/mol. The molecule has 2 aliphatic rings. The Balaban J connectivity index is 1.41. The zero-order chi connectivity index (χ0) is 22.3. The summed E-state index contributed by atoms with van der Waals surface area (Å²) in [7, 11) is 0. The summed E-state index contributed by atoms with van der Waals surface area (Å²) < 4.78 is 33.8. The van der Waals surface area contributed by atoms with Crippen molar-refractivity contribution in [3.63, 3.8) is 0 Å². The van der Waals surface area contributed by atoms with Gasteiger partial charge in [0.1, 0.15) is 12.2 Å². The number of alkyl halides is 2. The first-order chi connectivity index (χ1) is 15.5. The molecule has 1 saturated carbocycles.